The molecule has 0 saturated heterocycles. The SMILES string of the molecule is O=C(c1ccccc1)C(O)c1ccc(Nc2ccc(O)cc2)cc1. The summed E-state index contributed by atoms with van der Waals surface area (Å²) in [5, 5.41) is 22.7. The fourth-order valence-corrected chi connectivity index (χ4v) is 2.37. The van der Waals surface area contributed by atoms with Gasteiger partial charge < -0.3 is 15.5 Å². The van der Waals surface area contributed by atoms with Gasteiger partial charge in [0.2, 0.25) is 0 Å². The molecule has 120 valence electrons. The molecule has 0 aliphatic heterocycles. The lowest BCUT2D eigenvalue weighted by molar-refractivity contribution is 0.0747. The number of phenols is 1. The number of nitrogens with one attached hydrogen (secondary N) is 1. The smallest absolute Gasteiger partial charge is 0.195 e. The first-order valence-electron chi connectivity index (χ1n) is 7.57. The summed E-state index contributed by atoms with van der Waals surface area (Å²) in [5.41, 5.74) is 2.68. The first-order chi connectivity index (χ1) is 11.6. The molecule has 4 heteroatoms. The Balaban J connectivity index is 1.72. The third kappa shape index (κ3) is 3.62. The summed E-state index contributed by atoms with van der Waals surface area (Å²) in [7, 11) is 0. The van der Waals surface area contributed by atoms with Crippen molar-refractivity contribution in [1.29, 1.82) is 0 Å². The van der Waals surface area contributed by atoms with Crippen molar-refractivity contribution in [2.75, 3.05) is 5.32 Å². The van der Waals surface area contributed by atoms with Crippen LogP contribution in [0.2, 0.25) is 0 Å². The van der Waals surface area contributed by atoms with Crippen molar-refractivity contribution in [2.24, 2.45) is 0 Å². The maximum atomic E-state index is 12.3. The van der Waals surface area contributed by atoms with E-state index in [1.165, 1.54) is 0 Å². The lowest BCUT2D eigenvalue weighted by atomic mass is 10.00. The van der Waals surface area contributed by atoms with Gasteiger partial charge in [0.1, 0.15) is 11.9 Å². The molecule has 0 heterocycles. The van der Waals surface area contributed by atoms with Crippen LogP contribution < -0.4 is 5.32 Å². The number of aromatic hydroxyl groups is 1. The van der Waals surface area contributed by atoms with E-state index in [9.17, 15) is 15.0 Å². The molecule has 3 aromatic rings. The highest BCUT2D eigenvalue weighted by molar-refractivity contribution is 5.99. The summed E-state index contributed by atoms with van der Waals surface area (Å²) in [5.74, 6) is -0.117. The van der Waals surface area contributed by atoms with E-state index in [1.807, 2.05) is 6.07 Å². The number of hydrogen-bond donors (Lipinski definition) is 3. The van der Waals surface area contributed by atoms with Crippen LogP contribution in [0.4, 0.5) is 11.4 Å². The number of aliphatic hydroxyl groups is 1. The highest BCUT2D eigenvalue weighted by Crippen LogP contribution is 2.23. The van der Waals surface area contributed by atoms with Gasteiger partial charge in [0.25, 0.3) is 0 Å². The minimum absolute atomic E-state index is 0.207. The van der Waals surface area contributed by atoms with E-state index < -0.39 is 6.10 Å². The number of anilines is 2. The molecule has 3 aromatic carbocycles. The number of aliphatic hydroxyl groups excluding tert-OH is 1. The molecule has 0 radical (unpaired) electrons. The average Bonchev–Trinajstić information content (AvgIpc) is 2.64. The molecule has 0 aliphatic carbocycles. The Morgan fingerprint density at radius 2 is 1.33 bits per heavy atom. The van der Waals surface area contributed by atoms with Crippen molar-refractivity contribution in [1.82, 2.24) is 0 Å². The maximum Gasteiger partial charge on any atom is 0.195 e. The molecule has 3 N–H and O–H groups in total. The number of rotatable bonds is 5. The summed E-state index contributed by atoms with van der Waals surface area (Å²) < 4.78 is 0. The molecule has 24 heavy (non-hydrogen) atoms. The Kier molecular flexibility index (Phi) is 4.59. The van der Waals surface area contributed by atoms with Crippen LogP contribution in [0.5, 0.6) is 5.75 Å². The second-order valence-electron chi connectivity index (χ2n) is 5.43. The van der Waals surface area contributed by atoms with E-state index >= 15 is 0 Å². The van der Waals surface area contributed by atoms with Crippen LogP contribution in [0.3, 0.4) is 0 Å². The van der Waals surface area contributed by atoms with E-state index in [0.29, 0.717) is 11.1 Å². The van der Waals surface area contributed by atoms with Gasteiger partial charge >= 0.3 is 0 Å². The fraction of sp³-hybridized carbons (Fsp3) is 0.0500. The van der Waals surface area contributed by atoms with E-state index in [2.05, 4.69) is 5.32 Å². The molecular formula is C20H17NO3. The summed E-state index contributed by atoms with van der Waals surface area (Å²) in [6, 6.07) is 22.5. The number of carbonyl (C=O) groups excluding carboxylic acids is 1. The monoisotopic (exact) mass is 319 g/mol. The second kappa shape index (κ2) is 6.98. The number of carbonyl (C=O) groups is 1. The van der Waals surface area contributed by atoms with Crippen LogP contribution in [0.15, 0.2) is 78.9 Å². The highest BCUT2D eigenvalue weighted by Gasteiger charge is 2.18. The van der Waals surface area contributed by atoms with Crippen molar-refractivity contribution in [2.45, 2.75) is 6.10 Å². The van der Waals surface area contributed by atoms with E-state index in [1.54, 1.807) is 72.8 Å². The molecule has 0 fully saturated rings. The summed E-state index contributed by atoms with van der Waals surface area (Å²) in [6.07, 6.45) is -1.19. The third-order valence-electron chi connectivity index (χ3n) is 3.69. The largest absolute Gasteiger partial charge is 0.508 e. The number of ketones is 1. The zero-order valence-corrected chi connectivity index (χ0v) is 12.9. The summed E-state index contributed by atoms with van der Waals surface area (Å²) >= 11 is 0. The molecular weight excluding hydrogens is 302 g/mol. The zero-order valence-electron chi connectivity index (χ0n) is 12.9. The number of benzene rings is 3. The zero-order chi connectivity index (χ0) is 16.9. The molecule has 4 nitrogen and oxygen atoms in total. The number of Topliss-reactive ketones (excluding diaryl/α,β-unsaturated/α-hetero) is 1. The van der Waals surface area contributed by atoms with Gasteiger partial charge in [-0.05, 0) is 42.0 Å². The molecule has 1 atom stereocenters. The number of phenolic OH excluding ortho intramolecular Hbond substituents is 1. The van der Waals surface area contributed by atoms with Gasteiger partial charge in [0.15, 0.2) is 5.78 Å². The fourth-order valence-electron chi connectivity index (χ4n) is 2.37. The van der Waals surface area contributed by atoms with E-state index in [-0.39, 0.29) is 11.5 Å². The minimum Gasteiger partial charge on any atom is -0.508 e. The Hall–Kier alpha value is -3.11. The Labute approximate surface area is 140 Å². The Morgan fingerprint density at radius 1 is 0.792 bits per heavy atom. The van der Waals surface area contributed by atoms with Crippen molar-refractivity contribution in [3.63, 3.8) is 0 Å². The van der Waals surface area contributed by atoms with Crippen molar-refractivity contribution < 1.29 is 15.0 Å². The highest BCUT2D eigenvalue weighted by atomic mass is 16.3. The normalized spacial score (nSPS) is 11.7. The predicted molar refractivity (Wildman–Crippen MR) is 93.6 cm³/mol. The van der Waals surface area contributed by atoms with Crippen LogP contribution >= 0.6 is 0 Å². The quantitative estimate of drug-likeness (QED) is 0.490. The van der Waals surface area contributed by atoms with Gasteiger partial charge in [0.05, 0.1) is 0 Å². The lowest BCUT2D eigenvalue weighted by Crippen LogP contribution is -2.12. The van der Waals surface area contributed by atoms with Crippen molar-refractivity contribution >= 4 is 17.2 Å². The van der Waals surface area contributed by atoms with Crippen LogP contribution in [0.1, 0.15) is 22.0 Å². The van der Waals surface area contributed by atoms with E-state index in [0.717, 1.165) is 11.4 Å². The molecule has 0 amide bonds. The van der Waals surface area contributed by atoms with E-state index in [4.69, 9.17) is 0 Å². The summed E-state index contributed by atoms with van der Waals surface area (Å²) in [4.78, 5) is 12.3. The van der Waals surface area contributed by atoms with Crippen LogP contribution in [0.25, 0.3) is 0 Å². The lowest BCUT2D eigenvalue weighted by Gasteiger charge is -2.12. The molecule has 0 spiro atoms. The average molecular weight is 319 g/mol. The van der Waals surface area contributed by atoms with Crippen LogP contribution in [-0.2, 0) is 0 Å². The molecule has 1 unspecified atom stereocenters. The van der Waals surface area contributed by atoms with Crippen LogP contribution in [0, 0.1) is 0 Å². The van der Waals surface area contributed by atoms with Crippen LogP contribution in [-0.4, -0.2) is 16.0 Å². The van der Waals surface area contributed by atoms with Crippen molar-refractivity contribution in [3.05, 3.63) is 90.0 Å². The van der Waals surface area contributed by atoms with Gasteiger partial charge in [0, 0.05) is 16.9 Å². The van der Waals surface area contributed by atoms with Gasteiger partial charge in [-0.25, -0.2) is 0 Å². The molecule has 0 saturated carbocycles. The number of hydrogen-bond acceptors (Lipinski definition) is 4. The molecule has 0 aromatic heterocycles. The van der Waals surface area contributed by atoms with Gasteiger partial charge in [-0.2, -0.15) is 0 Å². The molecule has 3 rings (SSSR count). The topological polar surface area (TPSA) is 69.6 Å². The second-order valence-corrected chi connectivity index (χ2v) is 5.43. The van der Waals surface area contributed by atoms with Crippen molar-refractivity contribution in [3.8, 4) is 5.75 Å². The predicted octanol–water partition coefficient (Wildman–Crippen LogP) is 4.05. The molecule has 0 bridgehead atoms. The Morgan fingerprint density at radius 3 is 1.92 bits per heavy atom. The standard InChI is InChI=1S/C20H17NO3/c22-18-12-10-17(11-13-18)21-16-8-6-15(7-9-16)20(24)19(23)14-4-2-1-3-5-14/h1-13,20-22,24H. The van der Waals surface area contributed by atoms with Gasteiger partial charge in [-0.3, -0.25) is 4.79 Å². The maximum absolute atomic E-state index is 12.3. The Bertz CT molecular complexity index is 812. The summed E-state index contributed by atoms with van der Waals surface area (Å²) in [6.45, 7) is 0. The molecule has 0 aliphatic rings. The first kappa shape index (κ1) is 15.8. The van der Waals surface area contributed by atoms with Gasteiger partial charge in [-0.15, -0.1) is 0 Å². The third-order valence-corrected chi connectivity index (χ3v) is 3.69. The minimum atomic E-state index is -1.19. The van der Waals surface area contributed by atoms with Gasteiger partial charge in [-0.1, -0.05) is 42.5 Å². The first-order valence-corrected chi connectivity index (χ1v) is 7.57.